The van der Waals surface area contributed by atoms with Crippen molar-refractivity contribution in [1.82, 2.24) is 9.21 Å². The number of piperazine rings is 1. The normalized spacial score (nSPS) is 19.0. The number of benzene rings is 1. The molecule has 1 aromatic rings. The van der Waals surface area contributed by atoms with Gasteiger partial charge in [0.1, 0.15) is 5.82 Å². The first-order valence-corrected chi connectivity index (χ1v) is 11.8. The minimum Gasteiger partial charge on any atom is -0.481 e. The number of hydrogen-bond acceptors (Lipinski definition) is 7. The van der Waals surface area contributed by atoms with E-state index in [-0.39, 0.29) is 37.5 Å². The van der Waals surface area contributed by atoms with Crippen molar-refractivity contribution in [1.29, 1.82) is 0 Å². The Morgan fingerprint density at radius 1 is 1.23 bits per heavy atom. The predicted molar refractivity (Wildman–Crippen MR) is 114 cm³/mol. The lowest BCUT2D eigenvalue weighted by Gasteiger charge is -2.45. The summed E-state index contributed by atoms with van der Waals surface area (Å²) in [5, 5.41) is 28.7. The molecule has 1 fully saturated rings. The molecule has 0 aromatic heterocycles. The minimum atomic E-state index is -3.85. The Balaban J connectivity index is 1.99. The molecule has 0 spiro atoms. The first-order valence-electron chi connectivity index (χ1n) is 10.3. The Hall–Kier alpha value is -1.57. The van der Waals surface area contributed by atoms with E-state index in [1.54, 1.807) is 11.8 Å². The van der Waals surface area contributed by atoms with Gasteiger partial charge in [0, 0.05) is 38.1 Å². The summed E-state index contributed by atoms with van der Waals surface area (Å²) in [6.45, 7) is 2.41. The maximum absolute atomic E-state index is 13.5. The molecule has 5 N–H and O–H groups in total. The van der Waals surface area contributed by atoms with Gasteiger partial charge in [-0.1, -0.05) is 18.9 Å². The number of carbonyl (C=O) groups is 1. The molecule has 0 aliphatic carbocycles. The van der Waals surface area contributed by atoms with Crippen LogP contribution in [0.5, 0.6) is 0 Å². The van der Waals surface area contributed by atoms with Crippen LogP contribution in [0.4, 0.5) is 4.39 Å². The second-order valence-electron chi connectivity index (χ2n) is 8.22. The van der Waals surface area contributed by atoms with Gasteiger partial charge in [0.15, 0.2) is 0 Å². The predicted octanol–water partition coefficient (Wildman–Crippen LogP) is 0.265. The van der Waals surface area contributed by atoms with E-state index >= 15 is 0 Å². The van der Waals surface area contributed by atoms with Gasteiger partial charge in [-0.05, 0) is 38.0 Å². The molecule has 0 bridgehead atoms. The number of nitrogens with zero attached hydrogens (tertiary/aromatic N) is 2. The van der Waals surface area contributed by atoms with Crippen molar-refractivity contribution in [3.8, 4) is 0 Å². The summed E-state index contributed by atoms with van der Waals surface area (Å²) in [5.41, 5.74) is 5.44. The number of rotatable bonds is 11. The third-order valence-corrected chi connectivity index (χ3v) is 7.56. The number of aliphatic carboxylic acids is 1. The maximum atomic E-state index is 13.5. The average molecular weight is 459 g/mol. The Bertz CT molecular complexity index is 847. The SMILES string of the molecule is CC(N)(CCCCCC(=O)O)C(B(O)O)N1CCN(S(=O)(=O)c2cccc(F)c2)CC1. The van der Waals surface area contributed by atoms with Gasteiger partial charge in [-0.15, -0.1) is 0 Å². The highest BCUT2D eigenvalue weighted by Gasteiger charge is 2.44. The lowest BCUT2D eigenvalue weighted by molar-refractivity contribution is -0.137. The number of sulfonamides is 1. The molecule has 174 valence electrons. The van der Waals surface area contributed by atoms with E-state index in [1.807, 2.05) is 0 Å². The van der Waals surface area contributed by atoms with Crippen molar-refractivity contribution in [2.45, 2.75) is 55.4 Å². The fourth-order valence-electron chi connectivity index (χ4n) is 4.05. The third kappa shape index (κ3) is 6.96. The summed E-state index contributed by atoms with van der Waals surface area (Å²) in [6.07, 6.45) is 2.35. The fraction of sp³-hybridized carbons (Fsp3) is 0.632. The van der Waals surface area contributed by atoms with Gasteiger partial charge < -0.3 is 20.9 Å². The Morgan fingerprint density at radius 2 is 1.87 bits per heavy atom. The van der Waals surface area contributed by atoms with Gasteiger partial charge >= 0.3 is 13.1 Å². The van der Waals surface area contributed by atoms with E-state index in [0.29, 0.717) is 25.7 Å². The zero-order chi connectivity index (χ0) is 23.2. The van der Waals surface area contributed by atoms with Crippen LogP contribution in [-0.2, 0) is 14.8 Å². The summed E-state index contributed by atoms with van der Waals surface area (Å²) in [6, 6.07) is 4.83. The van der Waals surface area contributed by atoms with Crippen LogP contribution in [-0.4, -0.2) is 83.5 Å². The van der Waals surface area contributed by atoms with Crippen LogP contribution in [0.1, 0.15) is 39.0 Å². The fourth-order valence-corrected chi connectivity index (χ4v) is 5.51. The molecule has 2 rings (SSSR count). The van der Waals surface area contributed by atoms with Crippen LogP contribution >= 0.6 is 0 Å². The molecule has 2 unspecified atom stereocenters. The van der Waals surface area contributed by atoms with Gasteiger partial charge in [0.25, 0.3) is 0 Å². The van der Waals surface area contributed by atoms with E-state index in [1.165, 1.54) is 22.5 Å². The number of carboxylic acids is 1. The smallest absolute Gasteiger partial charge is 0.471 e. The number of unbranched alkanes of at least 4 members (excludes halogenated alkanes) is 2. The molecule has 0 amide bonds. The lowest BCUT2D eigenvalue weighted by Crippen LogP contribution is -2.66. The van der Waals surface area contributed by atoms with E-state index in [2.05, 4.69) is 0 Å². The number of halogens is 1. The topological polar surface area (TPSA) is 144 Å². The van der Waals surface area contributed by atoms with Crippen LogP contribution in [0.2, 0.25) is 0 Å². The lowest BCUT2D eigenvalue weighted by atomic mass is 9.65. The summed E-state index contributed by atoms with van der Waals surface area (Å²) in [5.74, 6) is -2.30. The first kappa shape index (κ1) is 25.7. The second-order valence-corrected chi connectivity index (χ2v) is 10.2. The molecule has 12 heteroatoms. The van der Waals surface area contributed by atoms with E-state index in [0.717, 1.165) is 6.07 Å². The molecule has 1 aromatic carbocycles. The second kappa shape index (κ2) is 10.8. The van der Waals surface area contributed by atoms with Crippen molar-refractivity contribution in [2.75, 3.05) is 26.2 Å². The first-order chi connectivity index (χ1) is 14.4. The third-order valence-electron chi connectivity index (χ3n) is 5.66. The van der Waals surface area contributed by atoms with Crippen LogP contribution < -0.4 is 5.73 Å². The zero-order valence-electron chi connectivity index (χ0n) is 17.7. The van der Waals surface area contributed by atoms with Gasteiger partial charge in [0.2, 0.25) is 10.0 Å². The molecule has 2 atom stereocenters. The van der Waals surface area contributed by atoms with Gasteiger partial charge in [-0.25, -0.2) is 12.8 Å². The molecular formula is C19H31BFN3O6S. The molecule has 1 heterocycles. The molecule has 31 heavy (non-hydrogen) atoms. The van der Waals surface area contributed by atoms with Crippen LogP contribution in [0, 0.1) is 5.82 Å². The largest absolute Gasteiger partial charge is 0.481 e. The highest BCUT2D eigenvalue weighted by atomic mass is 32.2. The van der Waals surface area contributed by atoms with Gasteiger partial charge in [0.05, 0.1) is 10.8 Å². The van der Waals surface area contributed by atoms with Gasteiger partial charge in [-0.3, -0.25) is 9.69 Å². The number of nitrogens with two attached hydrogens (primary N) is 1. The zero-order valence-corrected chi connectivity index (χ0v) is 18.5. The molecule has 0 radical (unpaired) electrons. The summed E-state index contributed by atoms with van der Waals surface area (Å²) < 4.78 is 40.2. The molecular weight excluding hydrogens is 428 g/mol. The van der Waals surface area contributed by atoms with Crippen molar-refractivity contribution < 1.29 is 32.8 Å². The molecule has 1 saturated heterocycles. The Labute approximate surface area is 182 Å². The van der Waals surface area contributed by atoms with Crippen LogP contribution in [0.15, 0.2) is 29.2 Å². The summed E-state index contributed by atoms with van der Waals surface area (Å²) in [4.78, 5) is 12.2. The minimum absolute atomic E-state index is 0.0785. The highest BCUT2D eigenvalue weighted by molar-refractivity contribution is 7.89. The van der Waals surface area contributed by atoms with Crippen molar-refractivity contribution in [3.05, 3.63) is 30.1 Å². The standard InChI is InChI=1S/C19H31BFN3O6S/c1-19(22,9-4-2-3-8-17(25)26)18(20(27)28)23-10-12-24(13-11-23)31(29,30)16-7-5-6-15(21)14-16/h5-7,14,18,27-28H,2-4,8-13,22H2,1H3,(H,25,26). The Morgan fingerprint density at radius 3 is 2.42 bits per heavy atom. The van der Waals surface area contributed by atoms with Crippen LogP contribution in [0.3, 0.4) is 0 Å². The monoisotopic (exact) mass is 459 g/mol. The number of hydrogen-bond donors (Lipinski definition) is 4. The summed E-state index contributed by atoms with van der Waals surface area (Å²) >= 11 is 0. The van der Waals surface area contributed by atoms with Crippen molar-refractivity contribution >= 4 is 23.1 Å². The average Bonchev–Trinajstić information content (AvgIpc) is 2.67. The molecule has 9 nitrogen and oxygen atoms in total. The van der Waals surface area contributed by atoms with Gasteiger partial charge in [-0.2, -0.15) is 4.31 Å². The quantitative estimate of drug-likeness (QED) is 0.273. The maximum Gasteiger partial charge on any atom is 0.471 e. The van der Waals surface area contributed by atoms with E-state index in [4.69, 9.17) is 10.8 Å². The molecule has 0 saturated carbocycles. The van der Waals surface area contributed by atoms with Crippen molar-refractivity contribution in [3.63, 3.8) is 0 Å². The summed E-state index contributed by atoms with van der Waals surface area (Å²) in [7, 11) is -5.58. The Kier molecular flexibility index (Phi) is 8.98. The van der Waals surface area contributed by atoms with Crippen LogP contribution in [0.25, 0.3) is 0 Å². The molecule has 1 aliphatic rings. The van der Waals surface area contributed by atoms with E-state index < -0.39 is 40.4 Å². The number of carboxylic acid groups (broad SMARTS) is 1. The molecule has 1 aliphatic heterocycles. The van der Waals surface area contributed by atoms with E-state index in [9.17, 15) is 27.7 Å². The van der Waals surface area contributed by atoms with Crippen molar-refractivity contribution in [2.24, 2.45) is 5.73 Å². The highest BCUT2D eigenvalue weighted by Crippen LogP contribution is 2.25.